The molecule has 1 heterocycles. The van der Waals surface area contributed by atoms with Crippen LogP contribution in [0.4, 0.5) is 0 Å². The third-order valence-corrected chi connectivity index (χ3v) is 3.30. The highest BCUT2D eigenvalue weighted by atomic mass is 32.2. The minimum Gasteiger partial charge on any atom is -0.437 e. The first-order valence-corrected chi connectivity index (χ1v) is 6.88. The van der Waals surface area contributed by atoms with Gasteiger partial charge in [-0.25, -0.2) is 4.98 Å². The predicted molar refractivity (Wildman–Crippen MR) is 73.2 cm³/mol. The molecule has 94 valence electrons. The Morgan fingerprint density at radius 1 is 1.22 bits per heavy atom. The van der Waals surface area contributed by atoms with E-state index in [0.717, 1.165) is 10.6 Å². The summed E-state index contributed by atoms with van der Waals surface area (Å²) in [6.45, 7) is 1.70. The topological polar surface area (TPSA) is 42.4 Å². The number of hydrogen-bond donors (Lipinski definition) is 1. The SMILES string of the molecule is CSc1ccccc1Oc1ncccc1[C@@H](C)O. The second kappa shape index (κ2) is 5.89. The zero-order valence-corrected chi connectivity index (χ0v) is 11.1. The van der Waals surface area contributed by atoms with Crippen LogP contribution in [-0.4, -0.2) is 16.3 Å². The van der Waals surface area contributed by atoms with Gasteiger partial charge in [-0.05, 0) is 37.4 Å². The van der Waals surface area contributed by atoms with E-state index in [2.05, 4.69) is 4.98 Å². The molecule has 2 aromatic rings. The number of rotatable bonds is 4. The van der Waals surface area contributed by atoms with E-state index in [0.29, 0.717) is 11.4 Å². The number of hydrogen-bond acceptors (Lipinski definition) is 4. The van der Waals surface area contributed by atoms with Gasteiger partial charge < -0.3 is 9.84 Å². The van der Waals surface area contributed by atoms with Gasteiger partial charge in [0.1, 0.15) is 5.75 Å². The lowest BCUT2D eigenvalue weighted by Gasteiger charge is -2.13. The van der Waals surface area contributed by atoms with Crippen LogP contribution in [0.5, 0.6) is 11.6 Å². The largest absolute Gasteiger partial charge is 0.437 e. The lowest BCUT2D eigenvalue weighted by molar-refractivity contribution is 0.194. The van der Waals surface area contributed by atoms with Gasteiger partial charge in [0.05, 0.1) is 6.10 Å². The molecule has 0 unspecified atom stereocenters. The van der Waals surface area contributed by atoms with Gasteiger partial charge in [0.15, 0.2) is 0 Å². The van der Waals surface area contributed by atoms with Crippen molar-refractivity contribution in [1.82, 2.24) is 4.98 Å². The fraction of sp³-hybridized carbons (Fsp3) is 0.214. The maximum absolute atomic E-state index is 9.68. The molecule has 0 aliphatic carbocycles. The molecule has 0 spiro atoms. The van der Waals surface area contributed by atoms with Crippen LogP contribution in [0.25, 0.3) is 0 Å². The average molecular weight is 261 g/mol. The molecule has 1 N–H and O–H groups in total. The number of pyridine rings is 1. The van der Waals surface area contributed by atoms with Gasteiger partial charge in [-0.1, -0.05) is 12.1 Å². The molecule has 1 atom stereocenters. The molecule has 1 aromatic heterocycles. The number of aliphatic hydroxyl groups is 1. The van der Waals surface area contributed by atoms with E-state index >= 15 is 0 Å². The Hall–Kier alpha value is -1.52. The summed E-state index contributed by atoms with van der Waals surface area (Å²) in [5, 5.41) is 9.68. The molecule has 0 fully saturated rings. The van der Waals surface area contributed by atoms with Crippen molar-refractivity contribution in [1.29, 1.82) is 0 Å². The Morgan fingerprint density at radius 2 is 2.00 bits per heavy atom. The second-order valence-electron chi connectivity index (χ2n) is 3.83. The Labute approximate surface area is 111 Å². The highest BCUT2D eigenvalue weighted by Gasteiger charge is 2.12. The van der Waals surface area contributed by atoms with Crippen LogP contribution in [0.2, 0.25) is 0 Å². The molecule has 0 amide bonds. The Balaban J connectivity index is 2.34. The Kier molecular flexibility index (Phi) is 4.23. The van der Waals surface area contributed by atoms with Gasteiger partial charge in [0.2, 0.25) is 5.88 Å². The molecule has 0 bridgehead atoms. The summed E-state index contributed by atoms with van der Waals surface area (Å²) in [6, 6.07) is 11.4. The maximum atomic E-state index is 9.68. The summed E-state index contributed by atoms with van der Waals surface area (Å²) < 4.78 is 5.80. The number of para-hydroxylation sites is 1. The van der Waals surface area contributed by atoms with Gasteiger partial charge in [-0.15, -0.1) is 11.8 Å². The number of nitrogens with zero attached hydrogens (tertiary/aromatic N) is 1. The minimum atomic E-state index is -0.602. The van der Waals surface area contributed by atoms with Crippen molar-refractivity contribution in [3.63, 3.8) is 0 Å². The molecule has 2 rings (SSSR count). The lowest BCUT2D eigenvalue weighted by Crippen LogP contribution is -1.98. The van der Waals surface area contributed by atoms with Crippen molar-refractivity contribution >= 4 is 11.8 Å². The van der Waals surface area contributed by atoms with Crippen molar-refractivity contribution in [2.45, 2.75) is 17.9 Å². The molecule has 0 aliphatic rings. The van der Waals surface area contributed by atoms with E-state index in [9.17, 15) is 5.11 Å². The van der Waals surface area contributed by atoms with Crippen molar-refractivity contribution < 1.29 is 9.84 Å². The Bertz CT molecular complexity index is 529. The lowest BCUT2D eigenvalue weighted by atomic mass is 10.2. The van der Waals surface area contributed by atoms with Gasteiger partial charge in [-0.2, -0.15) is 0 Å². The molecule has 1 aromatic carbocycles. The van der Waals surface area contributed by atoms with Crippen LogP contribution >= 0.6 is 11.8 Å². The van der Waals surface area contributed by atoms with Crippen molar-refractivity contribution in [2.24, 2.45) is 0 Å². The molecule has 0 aliphatic heterocycles. The zero-order valence-electron chi connectivity index (χ0n) is 10.3. The highest BCUT2D eigenvalue weighted by Crippen LogP contribution is 2.33. The summed E-state index contributed by atoms with van der Waals surface area (Å²) in [4.78, 5) is 5.22. The normalized spacial score (nSPS) is 12.2. The van der Waals surface area contributed by atoms with Crippen molar-refractivity contribution in [3.8, 4) is 11.6 Å². The van der Waals surface area contributed by atoms with Crippen LogP contribution < -0.4 is 4.74 Å². The number of benzene rings is 1. The van der Waals surface area contributed by atoms with Gasteiger partial charge in [0.25, 0.3) is 0 Å². The van der Waals surface area contributed by atoms with Crippen molar-refractivity contribution in [3.05, 3.63) is 48.2 Å². The molecule has 4 heteroatoms. The average Bonchev–Trinajstić information content (AvgIpc) is 2.40. The van der Waals surface area contributed by atoms with Crippen LogP contribution in [0.3, 0.4) is 0 Å². The van der Waals surface area contributed by atoms with E-state index in [4.69, 9.17) is 4.74 Å². The minimum absolute atomic E-state index is 0.453. The van der Waals surface area contributed by atoms with E-state index in [1.807, 2.05) is 36.6 Å². The van der Waals surface area contributed by atoms with Gasteiger partial charge in [-0.3, -0.25) is 0 Å². The third kappa shape index (κ3) is 2.83. The summed E-state index contributed by atoms with van der Waals surface area (Å²) in [5.74, 6) is 1.21. The molecule has 0 saturated carbocycles. The number of ether oxygens (including phenoxy) is 1. The standard InChI is InChI=1S/C14H15NO2S/c1-10(16)11-6-5-9-15-14(11)17-12-7-3-4-8-13(12)18-2/h3-10,16H,1-2H3/t10-/m1/s1. The highest BCUT2D eigenvalue weighted by molar-refractivity contribution is 7.98. The molecule has 0 saturated heterocycles. The molecule has 3 nitrogen and oxygen atoms in total. The molecule has 0 radical (unpaired) electrons. The van der Waals surface area contributed by atoms with Crippen LogP contribution in [0.1, 0.15) is 18.6 Å². The smallest absolute Gasteiger partial charge is 0.225 e. The summed E-state index contributed by atoms with van der Waals surface area (Å²) >= 11 is 1.61. The van der Waals surface area contributed by atoms with Crippen molar-refractivity contribution in [2.75, 3.05) is 6.26 Å². The summed E-state index contributed by atoms with van der Waals surface area (Å²) in [6.07, 6.45) is 3.05. The molecular formula is C14H15NO2S. The van der Waals surface area contributed by atoms with E-state index in [-0.39, 0.29) is 0 Å². The predicted octanol–water partition coefficient (Wildman–Crippen LogP) is 3.65. The summed E-state index contributed by atoms with van der Waals surface area (Å²) in [5.41, 5.74) is 0.688. The first-order chi connectivity index (χ1) is 8.72. The quantitative estimate of drug-likeness (QED) is 0.853. The third-order valence-electron chi connectivity index (χ3n) is 2.53. The maximum Gasteiger partial charge on any atom is 0.225 e. The van der Waals surface area contributed by atoms with Crippen LogP contribution in [0.15, 0.2) is 47.5 Å². The fourth-order valence-corrected chi connectivity index (χ4v) is 2.14. The monoisotopic (exact) mass is 261 g/mol. The number of aliphatic hydroxyl groups excluding tert-OH is 1. The second-order valence-corrected chi connectivity index (χ2v) is 4.67. The first kappa shape index (κ1) is 12.9. The van der Waals surface area contributed by atoms with E-state index in [1.165, 1.54) is 0 Å². The number of aromatic nitrogens is 1. The van der Waals surface area contributed by atoms with E-state index in [1.54, 1.807) is 30.9 Å². The number of thioether (sulfide) groups is 1. The van der Waals surface area contributed by atoms with Crippen LogP contribution in [0, 0.1) is 0 Å². The van der Waals surface area contributed by atoms with Crippen LogP contribution in [-0.2, 0) is 0 Å². The molecular weight excluding hydrogens is 246 g/mol. The zero-order chi connectivity index (χ0) is 13.0. The van der Waals surface area contributed by atoms with Gasteiger partial charge >= 0.3 is 0 Å². The summed E-state index contributed by atoms with van der Waals surface area (Å²) in [7, 11) is 0. The first-order valence-electron chi connectivity index (χ1n) is 5.66. The Morgan fingerprint density at radius 3 is 2.72 bits per heavy atom. The molecule has 18 heavy (non-hydrogen) atoms. The van der Waals surface area contributed by atoms with E-state index < -0.39 is 6.10 Å². The van der Waals surface area contributed by atoms with Gasteiger partial charge in [0, 0.05) is 16.7 Å². The fourth-order valence-electron chi connectivity index (χ4n) is 1.61.